The predicted molar refractivity (Wildman–Crippen MR) is 82.1 cm³/mol. The van der Waals surface area contributed by atoms with Gasteiger partial charge in [-0.15, -0.1) is 0 Å². The van der Waals surface area contributed by atoms with Crippen molar-refractivity contribution in [3.05, 3.63) is 35.9 Å². The molecule has 5 heteroatoms. The maximum absolute atomic E-state index is 12.4. The van der Waals surface area contributed by atoms with E-state index in [1.165, 1.54) is 0 Å². The summed E-state index contributed by atoms with van der Waals surface area (Å²) in [5.74, 6) is -0.0517. The Morgan fingerprint density at radius 2 is 2.05 bits per heavy atom. The fourth-order valence-electron chi connectivity index (χ4n) is 2.86. The number of carbonyl (C=O) groups excluding carboxylic acids is 2. The third-order valence-corrected chi connectivity index (χ3v) is 4.47. The first-order valence-electron chi connectivity index (χ1n) is 7.89. The molecule has 1 aromatic carbocycles. The summed E-state index contributed by atoms with van der Waals surface area (Å²) in [4.78, 5) is 26.4. The molecule has 118 valence electrons. The van der Waals surface area contributed by atoms with Crippen LogP contribution in [-0.2, 0) is 16.1 Å². The van der Waals surface area contributed by atoms with Crippen LogP contribution in [0, 0.1) is 0 Å². The standard InChI is InChI=1S/C17H22N2O3/c1-17(15(20)18-14-8-9-14)10-5-11-19(17)16(21)22-12-13-6-3-2-4-7-13/h2-4,6-7,14H,5,8-12H2,1H3,(H,18,20). The molecule has 1 saturated carbocycles. The van der Waals surface area contributed by atoms with Gasteiger partial charge >= 0.3 is 6.09 Å². The molecule has 5 nitrogen and oxygen atoms in total. The van der Waals surface area contributed by atoms with Crippen molar-refractivity contribution in [2.75, 3.05) is 6.54 Å². The lowest BCUT2D eigenvalue weighted by molar-refractivity contribution is -0.130. The Bertz CT molecular complexity index is 556. The number of benzene rings is 1. The van der Waals surface area contributed by atoms with E-state index in [1.54, 1.807) is 4.90 Å². The summed E-state index contributed by atoms with van der Waals surface area (Å²) >= 11 is 0. The van der Waals surface area contributed by atoms with Gasteiger partial charge in [-0.3, -0.25) is 9.69 Å². The monoisotopic (exact) mass is 302 g/mol. The highest BCUT2D eigenvalue weighted by Gasteiger charge is 2.47. The van der Waals surface area contributed by atoms with Crippen LogP contribution in [0.1, 0.15) is 38.2 Å². The zero-order chi connectivity index (χ0) is 15.6. The van der Waals surface area contributed by atoms with E-state index in [0.29, 0.717) is 19.0 Å². The Hall–Kier alpha value is -2.04. The average Bonchev–Trinajstić information content (AvgIpc) is 3.25. The normalized spacial score (nSPS) is 24.1. The zero-order valence-electron chi connectivity index (χ0n) is 12.9. The molecule has 2 aliphatic rings. The molecule has 0 spiro atoms. The minimum Gasteiger partial charge on any atom is -0.445 e. The van der Waals surface area contributed by atoms with Crippen molar-refractivity contribution >= 4 is 12.0 Å². The maximum Gasteiger partial charge on any atom is 0.410 e. The van der Waals surface area contributed by atoms with E-state index in [0.717, 1.165) is 24.8 Å². The molecule has 1 unspecified atom stereocenters. The second kappa shape index (κ2) is 5.99. The third kappa shape index (κ3) is 3.08. The fraction of sp³-hybridized carbons (Fsp3) is 0.529. The summed E-state index contributed by atoms with van der Waals surface area (Å²) in [5, 5.41) is 3.01. The Kier molecular flexibility index (Phi) is 4.05. The molecule has 0 bridgehead atoms. The number of hydrogen-bond acceptors (Lipinski definition) is 3. The SMILES string of the molecule is CC1(C(=O)NC2CC2)CCCN1C(=O)OCc1ccccc1. The summed E-state index contributed by atoms with van der Waals surface area (Å²) in [5.41, 5.74) is 0.162. The number of hydrogen-bond donors (Lipinski definition) is 1. The summed E-state index contributed by atoms with van der Waals surface area (Å²) < 4.78 is 5.39. The quantitative estimate of drug-likeness (QED) is 0.929. The first kappa shape index (κ1) is 14.9. The van der Waals surface area contributed by atoms with Crippen molar-refractivity contribution in [1.82, 2.24) is 10.2 Å². The van der Waals surface area contributed by atoms with Crippen LogP contribution in [-0.4, -0.2) is 35.0 Å². The van der Waals surface area contributed by atoms with Gasteiger partial charge in [0.2, 0.25) is 5.91 Å². The van der Waals surface area contributed by atoms with Gasteiger partial charge in [0.15, 0.2) is 0 Å². The number of likely N-dealkylation sites (tertiary alicyclic amines) is 1. The number of ether oxygens (including phenoxy) is 1. The van der Waals surface area contributed by atoms with Crippen LogP contribution in [0.5, 0.6) is 0 Å². The van der Waals surface area contributed by atoms with Crippen LogP contribution >= 0.6 is 0 Å². The molecule has 1 saturated heterocycles. The molecule has 2 fully saturated rings. The Morgan fingerprint density at radius 3 is 2.73 bits per heavy atom. The van der Waals surface area contributed by atoms with Crippen LogP contribution in [0.15, 0.2) is 30.3 Å². The third-order valence-electron chi connectivity index (χ3n) is 4.47. The lowest BCUT2D eigenvalue weighted by Crippen LogP contribution is -2.55. The molecule has 1 N–H and O–H groups in total. The van der Waals surface area contributed by atoms with Crippen LogP contribution in [0.2, 0.25) is 0 Å². The maximum atomic E-state index is 12.4. The minimum atomic E-state index is -0.781. The van der Waals surface area contributed by atoms with Gasteiger partial charge < -0.3 is 10.1 Å². The van der Waals surface area contributed by atoms with Gasteiger partial charge in [-0.05, 0) is 38.2 Å². The van der Waals surface area contributed by atoms with Gasteiger partial charge in [0.1, 0.15) is 12.1 Å². The van der Waals surface area contributed by atoms with E-state index in [2.05, 4.69) is 5.32 Å². The molecule has 0 radical (unpaired) electrons. The highest BCUT2D eigenvalue weighted by Crippen LogP contribution is 2.31. The highest BCUT2D eigenvalue weighted by molar-refractivity contribution is 5.90. The van der Waals surface area contributed by atoms with Crippen LogP contribution in [0.3, 0.4) is 0 Å². The Labute approximate surface area is 130 Å². The van der Waals surface area contributed by atoms with E-state index in [9.17, 15) is 9.59 Å². The summed E-state index contributed by atoms with van der Waals surface area (Å²) in [6, 6.07) is 9.86. The first-order chi connectivity index (χ1) is 10.6. The lowest BCUT2D eigenvalue weighted by Gasteiger charge is -2.33. The van der Waals surface area contributed by atoms with Gasteiger partial charge in [-0.1, -0.05) is 30.3 Å². The van der Waals surface area contributed by atoms with Crippen molar-refractivity contribution in [2.45, 2.75) is 50.8 Å². The number of nitrogens with one attached hydrogen (secondary N) is 1. The average molecular weight is 302 g/mol. The van der Waals surface area contributed by atoms with Crippen molar-refractivity contribution in [1.29, 1.82) is 0 Å². The van der Waals surface area contributed by atoms with Gasteiger partial charge in [0.05, 0.1) is 0 Å². The van der Waals surface area contributed by atoms with E-state index in [4.69, 9.17) is 4.74 Å². The van der Waals surface area contributed by atoms with Crippen molar-refractivity contribution in [2.24, 2.45) is 0 Å². The summed E-state index contributed by atoms with van der Waals surface area (Å²) in [6.45, 7) is 2.64. The van der Waals surface area contributed by atoms with Gasteiger partial charge in [-0.2, -0.15) is 0 Å². The molecule has 2 amide bonds. The smallest absolute Gasteiger partial charge is 0.410 e. The topological polar surface area (TPSA) is 58.6 Å². The van der Waals surface area contributed by atoms with Crippen LogP contribution < -0.4 is 5.32 Å². The van der Waals surface area contributed by atoms with Crippen LogP contribution in [0.25, 0.3) is 0 Å². The molecular formula is C17H22N2O3. The first-order valence-corrected chi connectivity index (χ1v) is 7.89. The van der Waals surface area contributed by atoms with Gasteiger partial charge in [-0.25, -0.2) is 4.79 Å². The Morgan fingerprint density at radius 1 is 1.32 bits per heavy atom. The number of nitrogens with zero attached hydrogens (tertiary/aromatic N) is 1. The molecule has 3 rings (SSSR count). The molecule has 1 aliphatic carbocycles. The van der Waals surface area contributed by atoms with Gasteiger partial charge in [0, 0.05) is 12.6 Å². The second-order valence-electron chi connectivity index (χ2n) is 6.32. The summed E-state index contributed by atoms with van der Waals surface area (Å²) in [7, 11) is 0. The molecule has 1 aromatic rings. The molecule has 1 atom stereocenters. The van der Waals surface area contributed by atoms with Gasteiger partial charge in [0.25, 0.3) is 0 Å². The molecular weight excluding hydrogens is 280 g/mol. The number of carbonyl (C=O) groups is 2. The number of amides is 2. The Balaban J connectivity index is 1.61. The highest BCUT2D eigenvalue weighted by atomic mass is 16.6. The molecule has 1 aliphatic heterocycles. The van der Waals surface area contributed by atoms with Crippen molar-refractivity contribution in [3.8, 4) is 0 Å². The van der Waals surface area contributed by atoms with E-state index in [-0.39, 0.29) is 12.5 Å². The van der Waals surface area contributed by atoms with Crippen molar-refractivity contribution < 1.29 is 14.3 Å². The second-order valence-corrected chi connectivity index (χ2v) is 6.32. The van der Waals surface area contributed by atoms with E-state index >= 15 is 0 Å². The molecule has 1 heterocycles. The lowest BCUT2D eigenvalue weighted by atomic mass is 9.98. The molecule has 0 aromatic heterocycles. The largest absolute Gasteiger partial charge is 0.445 e. The van der Waals surface area contributed by atoms with E-state index in [1.807, 2.05) is 37.3 Å². The zero-order valence-corrected chi connectivity index (χ0v) is 12.9. The minimum absolute atomic E-state index is 0.0517. The fourth-order valence-corrected chi connectivity index (χ4v) is 2.86. The molecule has 22 heavy (non-hydrogen) atoms. The van der Waals surface area contributed by atoms with Crippen LogP contribution in [0.4, 0.5) is 4.79 Å². The summed E-state index contributed by atoms with van der Waals surface area (Å²) in [6.07, 6.45) is 3.19. The van der Waals surface area contributed by atoms with E-state index < -0.39 is 11.6 Å². The predicted octanol–water partition coefficient (Wildman–Crippen LogP) is 2.46. The van der Waals surface area contributed by atoms with Crippen molar-refractivity contribution in [3.63, 3.8) is 0 Å². The number of rotatable bonds is 4.